The lowest BCUT2D eigenvalue weighted by atomic mass is 10.2. The van der Waals surface area contributed by atoms with Crippen molar-refractivity contribution in [1.82, 2.24) is 9.55 Å². The second-order valence-corrected chi connectivity index (χ2v) is 4.43. The average molecular weight is 428 g/mol. The van der Waals surface area contributed by atoms with E-state index in [1.54, 1.807) is 29.2 Å². The van der Waals surface area contributed by atoms with E-state index in [4.69, 9.17) is 3.07 Å². The highest BCUT2D eigenvalue weighted by Crippen LogP contribution is 2.26. The largest absolute Gasteiger partial charge is 0.391 e. The molecule has 2 rings (SSSR count). The van der Waals surface area contributed by atoms with Crippen molar-refractivity contribution in [3.63, 3.8) is 0 Å². The van der Waals surface area contributed by atoms with Crippen molar-refractivity contribution < 1.29 is 7.86 Å². The first-order chi connectivity index (χ1) is 7.16. The first-order valence-corrected chi connectivity index (χ1v) is 6.04. The van der Waals surface area contributed by atoms with Crippen LogP contribution in [-0.2, 0) is 10.1 Å². The molecule has 0 N–H and O–H groups in total. The Kier molecular flexibility index (Phi) is 3.14. The smallest absolute Gasteiger partial charge is 0.350 e. The van der Waals surface area contributed by atoms with E-state index in [1.807, 2.05) is 23.7 Å². The highest BCUT2D eigenvalue weighted by Gasteiger charge is 2.20. The minimum absolute atomic E-state index is 0.335. The van der Waals surface area contributed by atoms with Crippen LogP contribution in [0.2, 0.25) is 0 Å². The van der Waals surface area contributed by atoms with Crippen LogP contribution in [0.4, 0.5) is 0 Å². The molecule has 0 atom stereocenters. The van der Waals surface area contributed by atoms with E-state index in [9.17, 15) is 4.79 Å². The van der Waals surface area contributed by atoms with Gasteiger partial charge < -0.3 is 7.63 Å². The fourth-order valence-corrected chi connectivity index (χ4v) is 2.42. The maximum Gasteiger partial charge on any atom is 0.350 e. The van der Waals surface area contributed by atoms with Gasteiger partial charge in [0.05, 0.1) is 3.70 Å². The molecule has 0 fully saturated rings. The van der Waals surface area contributed by atoms with Crippen molar-refractivity contribution in [2.24, 2.45) is 7.05 Å². The lowest BCUT2D eigenvalue weighted by Gasteiger charge is -1.96. The first-order valence-electron chi connectivity index (χ1n) is 4.08. The summed E-state index contributed by atoms with van der Waals surface area (Å²) in [6.45, 7) is 0. The molecule has 2 heterocycles. The number of carbonyl (C=O) groups excluding carboxylic acids is 1. The number of fused-ring (bicyclic) bond motifs is 1. The molecule has 0 aromatic carbocycles. The second kappa shape index (κ2) is 4.24. The number of hydrogen-bond donors (Lipinski definition) is 0. The number of hydrogen-bond acceptors (Lipinski definition) is 3. The Morgan fingerprint density at radius 3 is 3.00 bits per heavy atom. The Bertz CT molecular complexity index is 536. The predicted octanol–water partition coefficient (Wildman–Crippen LogP) is 2.68. The lowest BCUT2D eigenvalue weighted by Crippen LogP contribution is -2.00. The van der Waals surface area contributed by atoms with Crippen LogP contribution in [0.25, 0.3) is 11.0 Å². The van der Waals surface area contributed by atoms with Gasteiger partial charge in [-0.25, -0.2) is 9.78 Å². The summed E-state index contributed by atoms with van der Waals surface area (Å²) in [6.07, 6.45) is 1.71. The van der Waals surface area contributed by atoms with E-state index in [2.05, 4.69) is 27.6 Å². The van der Waals surface area contributed by atoms with E-state index in [1.165, 1.54) is 0 Å². The molecule has 15 heavy (non-hydrogen) atoms. The summed E-state index contributed by atoms with van der Waals surface area (Å²) in [7, 11) is 1.88. The van der Waals surface area contributed by atoms with Gasteiger partial charge >= 0.3 is 5.97 Å². The molecule has 2 aromatic heterocycles. The van der Waals surface area contributed by atoms with Crippen LogP contribution in [0, 0.1) is 3.70 Å². The quantitative estimate of drug-likeness (QED) is 0.657. The second-order valence-electron chi connectivity index (χ2n) is 2.96. The zero-order valence-electron chi connectivity index (χ0n) is 7.70. The molecule has 0 aliphatic heterocycles. The fraction of sp³-hybridized carbons (Fsp3) is 0.111. The van der Waals surface area contributed by atoms with Gasteiger partial charge in [-0.05, 0) is 34.7 Å². The Hall–Kier alpha value is -0.380. The Balaban J connectivity index is 2.83. The fourth-order valence-electron chi connectivity index (χ4n) is 1.46. The normalized spacial score (nSPS) is 10.6. The minimum atomic E-state index is -0.335. The molecule has 0 aliphatic carbocycles. The van der Waals surface area contributed by atoms with Crippen molar-refractivity contribution in [2.45, 2.75) is 0 Å². The molecular formula is C9H6I2N2O2. The third-order valence-corrected chi connectivity index (χ3v) is 3.81. The van der Waals surface area contributed by atoms with Gasteiger partial charge in [-0.1, -0.05) is 0 Å². The number of halogens is 2. The van der Waals surface area contributed by atoms with Gasteiger partial charge in [0.2, 0.25) is 0 Å². The monoisotopic (exact) mass is 428 g/mol. The van der Waals surface area contributed by atoms with Crippen molar-refractivity contribution in [2.75, 3.05) is 0 Å². The van der Waals surface area contributed by atoms with Crippen LogP contribution in [0.15, 0.2) is 18.3 Å². The predicted molar refractivity (Wildman–Crippen MR) is 72.9 cm³/mol. The number of aryl methyl sites for hydroxylation is 1. The third-order valence-electron chi connectivity index (χ3n) is 2.15. The van der Waals surface area contributed by atoms with E-state index in [0.717, 1.165) is 14.7 Å². The first kappa shape index (κ1) is 11.1. The molecule has 0 aliphatic rings. The molecule has 0 saturated heterocycles. The Morgan fingerprint density at radius 2 is 2.33 bits per heavy atom. The zero-order chi connectivity index (χ0) is 11.0. The highest BCUT2D eigenvalue weighted by atomic mass is 127. The van der Waals surface area contributed by atoms with Crippen LogP contribution < -0.4 is 0 Å². The van der Waals surface area contributed by atoms with Gasteiger partial charge in [0.1, 0.15) is 11.2 Å². The van der Waals surface area contributed by atoms with E-state index >= 15 is 0 Å². The maximum atomic E-state index is 11.6. The lowest BCUT2D eigenvalue weighted by molar-refractivity contribution is 0.0801. The van der Waals surface area contributed by atoms with Gasteiger partial charge in [0.25, 0.3) is 0 Å². The van der Waals surface area contributed by atoms with E-state index in [-0.39, 0.29) is 5.97 Å². The van der Waals surface area contributed by atoms with Crippen molar-refractivity contribution in [1.29, 1.82) is 0 Å². The Labute approximate surface area is 114 Å². The number of pyridine rings is 1. The summed E-state index contributed by atoms with van der Waals surface area (Å²) >= 11 is 3.71. The molecule has 0 bridgehead atoms. The summed E-state index contributed by atoms with van der Waals surface area (Å²) in [5, 5.41) is 0.825. The molecule has 4 nitrogen and oxygen atoms in total. The molecule has 2 aromatic rings. The van der Waals surface area contributed by atoms with Crippen molar-refractivity contribution >= 4 is 62.6 Å². The van der Waals surface area contributed by atoms with Crippen LogP contribution >= 0.6 is 45.6 Å². The van der Waals surface area contributed by atoms with Gasteiger partial charge in [-0.15, -0.1) is 0 Å². The summed E-state index contributed by atoms with van der Waals surface area (Å²) in [5.74, 6) is -0.335. The van der Waals surface area contributed by atoms with Gasteiger partial charge in [0, 0.05) is 18.6 Å². The summed E-state index contributed by atoms with van der Waals surface area (Å²) < 4.78 is 7.43. The number of rotatable bonds is 1. The molecule has 0 amide bonds. The van der Waals surface area contributed by atoms with E-state index < -0.39 is 0 Å². The minimum Gasteiger partial charge on any atom is -0.391 e. The van der Waals surface area contributed by atoms with Gasteiger partial charge in [0.15, 0.2) is 23.0 Å². The molecule has 0 unspecified atom stereocenters. The van der Waals surface area contributed by atoms with Crippen LogP contribution in [-0.4, -0.2) is 15.5 Å². The maximum absolute atomic E-state index is 11.6. The molecule has 0 saturated carbocycles. The van der Waals surface area contributed by atoms with Crippen LogP contribution in [0.1, 0.15) is 10.4 Å². The molecular weight excluding hydrogens is 422 g/mol. The van der Waals surface area contributed by atoms with Gasteiger partial charge in [-0.2, -0.15) is 0 Å². The van der Waals surface area contributed by atoms with Crippen molar-refractivity contribution in [3.05, 3.63) is 27.6 Å². The zero-order valence-corrected chi connectivity index (χ0v) is 12.0. The summed E-state index contributed by atoms with van der Waals surface area (Å²) in [4.78, 5) is 15.8. The Morgan fingerprint density at radius 1 is 1.60 bits per heavy atom. The van der Waals surface area contributed by atoms with Crippen LogP contribution in [0.5, 0.6) is 0 Å². The molecule has 0 radical (unpaired) electrons. The summed E-state index contributed by atoms with van der Waals surface area (Å²) in [5.41, 5.74) is 1.37. The SMILES string of the molecule is Cn1c(I)c(C(=O)OI)c2cccnc21. The average Bonchev–Trinajstić information content (AvgIpc) is 2.52. The summed E-state index contributed by atoms with van der Waals surface area (Å²) in [6, 6.07) is 3.68. The van der Waals surface area contributed by atoms with Crippen LogP contribution in [0.3, 0.4) is 0 Å². The van der Waals surface area contributed by atoms with Crippen molar-refractivity contribution in [3.8, 4) is 0 Å². The number of nitrogens with zero attached hydrogens (tertiary/aromatic N) is 2. The highest BCUT2D eigenvalue weighted by molar-refractivity contribution is 14.1. The molecule has 78 valence electrons. The standard InChI is InChI=1S/C9H6I2N2O2/c1-13-7(10)6(9(14)15-11)5-3-2-4-12-8(5)13/h2-4H,1H3. The topological polar surface area (TPSA) is 44.1 Å². The number of carbonyl (C=O) groups is 1. The van der Waals surface area contributed by atoms with Gasteiger partial charge in [-0.3, -0.25) is 0 Å². The molecule has 0 spiro atoms. The number of aromatic nitrogens is 2. The van der Waals surface area contributed by atoms with E-state index in [0.29, 0.717) is 5.56 Å². The molecule has 6 heteroatoms. The third kappa shape index (κ3) is 1.73.